The average Bonchev–Trinajstić information content (AvgIpc) is 3.24. The number of ether oxygens (including phenoxy) is 2. The van der Waals surface area contributed by atoms with Crippen molar-refractivity contribution in [3.05, 3.63) is 29.8 Å². The third-order valence-corrected chi connectivity index (χ3v) is 4.32. The number of nitrogens with one attached hydrogen (secondary N) is 1. The summed E-state index contributed by atoms with van der Waals surface area (Å²) in [6, 6.07) is 4.33. The van der Waals surface area contributed by atoms with E-state index < -0.39 is 41.8 Å². The lowest BCUT2D eigenvalue weighted by molar-refractivity contribution is -0.274. The summed E-state index contributed by atoms with van der Waals surface area (Å²) >= 11 is 0. The molecule has 26 heavy (non-hydrogen) atoms. The highest BCUT2D eigenvalue weighted by molar-refractivity contribution is 5.78. The molecule has 1 aliphatic carbocycles. The van der Waals surface area contributed by atoms with E-state index in [1.54, 1.807) is 0 Å². The van der Waals surface area contributed by atoms with Gasteiger partial charge in [-0.25, -0.2) is 4.39 Å². The Bertz CT molecular complexity index is 644. The van der Waals surface area contributed by atoms with Crippen LogP contribution in [0.1, 0.15) is 37.8 Å². The summed E-state index contributed by atoms with van der Waals surface area (Å²) in [5, 5.41) is 12.7. The van der Waals surface area contributed by atoms with Gasteiger partial charge >= 0.3 is 6.36 Å². The molecule has 5 nitrogen and oxygen atoms in total. The molecule has 0 aromatic heterocycles. The predicted molar refractivity (Wildman–Crippen MR) is 84.2 cm³/mol. The summed E-state index contributed by atoms with van der Waals surface area (Å²) in [4.78, 5) is 12.2. The summed E-state index contributed by atoms with van der Waals surface area (Å²) in [7, 11) is 1.37. The Morgan fingerprint density at radius 3 is 2.58 bits per heavy atom. The number of carbonyl (C=O) groups is 1. The minimum absolute atomic E-state index is 0.0237. The van der Waals surface area contributed by atoms with Crippen LogP contribution in [0.15, 0.2) is 24.3 Å². The zero-order valence-electron chi connectivity index (χ0n) is 14.4. The maximum Gasteiger partial charge on any atom is 0.573 e. The van der Waals surface area contributed by atoms with Crippen LogP contribution in [0.4, 0.5) is 17.6 Å². The highest BCUT2D eigenvalue weighted by Crippen LogP contribution is 2.50. The van der Waals surface area contributed by atoms with Crippen LogP contribution in [0.25, 0.3) is 0 Å². The van der Waals surface area contributed by atoms with Crippen LogP contribution in [0.5, 0.6) is 5.75 Å². The average molecular weight is 379 g/mol. The van der Waals surface area contributed by atoms with Crippen molar-refractivity contribution in [2.75, 3.05) is 13.7 Å². The Balaban J connectivity index is 2.08. The first-order valence-electron chi connectivity index (χ1n) is 8.01. The molecule has 1 fully saturated rings. The van der Waals surface area contributed by atoms with Gasteiger partial charge in [-0.1, -0.05) is 12.1 Å². The van der Waals surface area contributed by atoms with Gasteiger partial charge in [0.1, 0.15) is 17.0 Å². The van der Waals surface area contributed by atoms with Crippen LogP contribution in [0, 0.1) is 0 Å². The van der Waals surface area contributed by atoms with Gasteiger partial charge in [0.15, 0.2) is 0 Å². The molecule has 0 bridgehead atoms. The van der Waals surface area contributed by atoms with Crippen LogP contribution in [-0.4, -0.2) is 42.4 Å². The van der Waals surface area contributed by atoms with Crippen molar-refractivity contribution >= 4 is 5.91 Å². The maximum absolute atomic E-state index is 14.1. The third-order valence-electron chi connectivity index (χ3n) is 4.32. The summed E-state index contributed by atoms with van der Waals surface area (Å²) in [6.07, 6.45) is -4.93. The molecule has 1 aliphatic rings. The maximum atomic E-state index is 14.1. The molecule has 2 atom stereocenters. The van der Waals surface area contributed by atoms with Crippen molar-refractivity contribution in [1.82, 2.24) is 5.32 Å². The summed E-state index contributed by atoms with van der Waals surface area (Å²) in [6.45, 7) is 1.23. The van der Waals surface area contributed by atoms with Crippen LogP contribution in [0.3, 0.4) is 0 Å². The minimum Gasteiger partial charge on any atom is -0.406 e. The number of rotatable bonds is 8. The molecule has 2 rings (SSSR count). The molecule has 9 heteroatoms. The van der Waals surface area contributed by atoms with E-state index in [-0.39, 0.29) is 19.4 Å². The lowest BCUT2D eigenvalue weighted by Gasteiger charge is -2.28. The SMILES string of the molecule is COCC(NC(=O)CC(C)(O)C1(F)CC1)c1cccc(OC(F)(F)F)c1. The summed E-state index contributed by atoms with van der Waals surface area (Å²) in [5.41, 5.74) is -3.26. The number of carbonyl (C=O) groups excluding carboxylic acids is 1. The Kier molecular flexibility index (Phi) is 5.82. The Hall–Kier alpha value is -1.87. The quantitative estimate of drug-likeness (QED) is 0.682. The smallest absolute Gasteiger partial charge is 0.406 e. The van der Waals surface area contributed by atoms with E-state index in [1.807, 2.05) is 0 Å². The first-order valence-corrected chi connectivity index (χ1v) is 8.01. The Morgan fingerprint density at radius 1 is 1.38 bits per heavy atom. The molecule has 0 heterocycles. The van der Waals surface area contributed by atoms with E-state index >= 15 is 0 Å². The number of hydrogen-bond donors (Lipinski definition) is 2. The number of hydrogen-bond acceptors (Lipinski definition) is 4. The van der Waals surface area contributed by atoms with Crippen molar-refractivity contribution in [3.8, 4) is 5.75 Å². The number of aliphatic hydroxyl groups is 1. The highest BCUT2D eigenvalue weighted by Gasteiger charge is 2.58. The first-order chi connectivity index (χ1) is 12.0. The van der Waals surface area contributed by atoms with Gasteiger partial charge in [-0.2, -0.15) is 0 Å². The predicted octanol–water partition coefficient (Wildman–Crippen LogP) is 3.03. The number of alkyl halides is 4. The van der Waals surface area contributed by atoms with E-state index in [9.17, 15) is 27.5 Å². The second kappa shape index (κ2) is 7.40. The van der Waals surface area contributed by atoms with E-state index in [0.29, 0.717) is 5.56 Å². The zero-order valence-corrected chi connectivity index (χ0v) is 14.4. The van der Waals surface area contributed by atoms with Crippen LogP contribution in [0.2, 0.25) is 0 Å². The van der Waals surface area contributed by atoms with Crippen molar-refractivity contribution in [2.45, 2.75) is 49.9 Å². The van der Waals surface area contributed by atoms with Gasteiger partial charge in [0.2, 0.25) is 5.91 Å². The Morgan fingerprint density at radius 2 is 2.04 bits per heavy atom. The fraction of sp³-hybridized carbons (Fsp3) is 0.588. The van der Waals surface area contributed by atoms with Crippen molar-refractivity contribution in [1.29, 1.82) is 0 Å². The van der Waals surface area contributed by atoms with Crippen molar-refractivity contribution < 1.29 is 36.9 Å². The molecule has 146 valence electrons. The summed E-state index contributed by atoms with van der Waals surface area (Å²) in [5.74, 6) is -1.07. The molecule has 0 spiro atoms. The molecule has 0 saturated heterocycles. The van der Waals surface area contributed by atoms with Gasteiger partial charge < -0.3 is 19.9 Å². The molecule has 1 saturated carbocycles. The molecule has 1 amide bonds. The molecular weight excluding hydrogens is 358 g/mol. The zero-order chi connectivity index (χ0) is 19.6. The monoisotopic (exact) mass is 379 g/mol. The summed E-state index contributed by atoms with van der Waals surface area (Å²) < 4.78 is 60.0. The second-order valence-corrected chi connectivity index (χ2v) is 6.61. The van der Waals surface area contributed by atoms with Crippen molar-refractivity contribution in [3.63, 3.8) is 0 Å². The molecule has 0 radical (unpaired) electrons. The van der Waals surface area contributed by atoms with Crippen molar-refractivity contribution in [2.24, 2.45) is 0 Å². The van der Waals surface area contributed by atoms with Gasteiger partial charge in [0, 0.05) is 7.11 Å². The molecule has 2 unspecified atom stereocenters. The normalized spacial score (nSPS) is 19.3. The largest absolute Gasteiger partial charge is 0.573 e. The minimum atomic E-state index is -4.84. The van der Waals surface area contributed by atoms with Gasteiger partial charge in [-0.3, -0.25) is 4.79 Å². The van der Waals surface area contributed by atoms with E-state index in [0.717, 1.165) is 12.1 Å². The van der Waals surface area contributed by atoms with E-state index in [4.69, 9.17) is 4.74 Å². The van der Waals surface area contributed by atoms with Gasteiger partial charge in [-0.05, 0) is 37.5 Å². The molecule has 0 aliphatic heterocycles. The number of methoxy groups -OCH3 is 1. The molecule has 1 aromatic carbocycles. The highest BCUT2D eigenvalue weighted by atomic mass is 19.4. The second-order valence-electron chi connectivity index (χ2n) is 6.61. The van der Waals surface area contributed by atoms with Gasteiger partial charge in [-0.15, -0.1) is 13.2 Å². The van der Waals surface area contributed by atoms with E-state index in [2.05, 4.69) is 10.1 Å². The molecule has 2 N–H and O–H groups in total. The van der Waals surface area contributed by atoms with Gasteiger partial charge in [0.05, 0.1) is 19.1 Å². The number of benzene rings is 1. The van der Waals surface area contributed by atoms with Crippen LogP contribution < -0.4 is 10.1 Å². The van der Waals surface area contributed by atoms with Gasteiger partial charge in [0.25, 0.3) is 0 Å². The topological polar surface area (TPSA) is 67.8 Å². The number of amides is 1. The van der Waals surface area contributed by atoms with Crippen LogP contribution >= 0.6 is 0 Å². The third kappa shape index (κ3) is 5.31. The number of halogens is 4. The standard InChI is InChI=1S/C17H21F4NO4/c1-15(24,16(18)6-7-16)9-14(23)22-13(10-25-2)11-4-3-5-12(8-11)26-17(19,20)21/h3-5,8,13,24H,6-7,9-10H2,1-2H3,(H,22,23). The van der Waals surface area contributed by atoms with E-state index in [1.165, 1.54) is 26.2 Å². The fourth-order valence-electron chi connectivity index (χ4n) is 2.68. The fourth-order valence-corrected chi connectivity index (χ4v) is 2.68. The molecular formula is C17H21F4NO4. The lowest BCUT2D eigenvalue weighted by Crippen LogP contribution is -2.44. The Labute approximate surface area is 148 Å². The van der Waals surface area contributed by atoms with Crippen LogP contribution in [-0.2, 0) is 9.53 Å². The first kappa shape index (κ1) is 20.4. The molecule has 1 aromatic rings. The lowest BCUT2D eigenvalue weighted by atomic mass is 9.93.